The largest absolute Gasteiger partial charge is 0.355 e. The van der Waals surface area contributed by atoms with Gasteiger partial charge in [-0.25, -0.2) is 0 Å². The summed E-state index contributed by atoms with van der Waals surface area (Å²) in [6.45, 7) is 2.78. The molecule has 110 valence electrons. The van der Waals surface area contributed by atoms with E-state index in [9.17, 15) is 9.59 Å². The van der Waals surface area contributed by atoms with E-state index < -0.39 is 0 Å². The van der Waals surface area contributed by atoms with E-state index in [2.05, 4.69) is 10.6 Å². The van der Waals surface area contributed by atoms with E-state index in [1.807, 2.05) is 28.5 Å². The molecule has 6 heteroatoms. The Labute approximate surface area is 123 Å². The molecule has 1 unspecified atom stereocenters. The molecular formula is C13H24N2O2S2. The van der Waals surface area contributed by atoms with Gasteiger partial charge in [0.25, 0.3) is 0 Å². The standard InChI is InChI=1S/C13H24N2O2S2/c1-2-8-14-13(17)10-15-12(16)6-4-3-5-11-7-9-18-19-11/h11H,2-10H2,1H3,(H,14,17)(H,15,16). The van der Waals surface area contributed by atoms with Gasteiger partial charge in [-0.2, -0.15) is 0 Å². The molecule has 0 radical (unpaired) electrons. The van der Waals surface area contributed by atoms with E-state index in [0.717, 1.165) is 24.5 Å². The summed E-state index contributed by atoms with van der Waals surface area (Å²) in [5, 5.41) is 6.18. The number of unbranched alkanes of at least 4 members (excludes halogenated alkanes) is 1. The molecule has 2 N–H and O–H groups in total. The second-order valence-electron chi connectivity index (χ2n) is 4.70. The van der Waals surface area contributed by atoms with Gasteiger partial charge in [-0.15, -0.1) is 0 Å². The third-order valence-corrected chi connectivity index (χ3v) is 5.93. The number of nitrogens with one attached hydrogen (secondary N) is 2. The lowest BCUT2D eigenvalue weighted by atomic mass is 10.1. The van der Waals surface area contributed by atoms with Crippen molar-refractivity contribution in [1.29, 1.82) is 0 Å². The van der Waals surface area contributed by atoms with Crippen LogP contribution in [0.15, 0.2) is 0 Å². The number of hydrogen-bond donors (Lipinski definition) is 2. The van der Waals surface area contributed by atoms with Gasteiger partial charge in [0.2, 0.25) is 11.8 Å². The zero-order valence-electron chi connectivity index (χ0n) is 11.6. The first-order valence-corrected chi connectivity index (χ1v) is 9.42. The molecule has 1 fully saturated rings. The molecule has 1 heterocycles. The first-order valence-electron chi connectivity index (χ1n) is 7.04. The molecule has 4 nitrogen and oxygen atoms in total. The minimum atomic E-state index is -0.102. The Kier molecular flexibility index (Phi) is 9.16. The zero-order valence-corrected chi connectivity index (χ0v) is 13.2. The molecular weight excluding hydrogens is 280 g/mol. The van der Waals surface area contributed by atoms with Gasteiger partial charge in [-0.1, -0.05) is 34.9 Å². The van der Waals surface area contributed by atoms with Crippen molar-refractivity contribution in [2.45, 2.75) is 50.7 Å². The Morgan fingerprint density at radius 2 is 2.05 bits per heavy atom. The van der Waals surface area contributed by atoms with Gasteiger partial charge in [0, 0.05) is 24.0 Å². The second kappa shape index (κ2) is 10.4. The van der Waals surface area contributed by atoms with Crippen LogP contribution >= 0.6 is 21.6 Å². The van der Waals surface area contributed by atoms with Crippen molar-refractivity contribution in [3.8, 4) is 0 Å². The highest BCUT2D eigenvalue weighted by Crippen LogP contribution is 2.39. The smallest absolute Gasteiger partial charge is 0.239 e. The van der Waals surface area contributed by atoms with Crippen molar-refractivity contribution in [2.24, 2.45) is 0 Å². The van der Waals surface area contributed by atoms with Gasteiger partial charge in [0.15, 0.2) is 0 Å². The van der Waals surface area contributed by atoms with Crippen LogP contribution in [-0.2, 0) is 9.59 Å². The van der Waals surface area contributed by atoms with Crippen LogP contribution in [0.25, 0.3) is 0 Å². The zero-order chi connectivity index (χ0) is 13.9. The number of amides is 2. The van der Waals surface area contributed by atoms with Gasteiger partial charge >= 0.3 is 0 Å². The Morgan fingerprint density at radius 1 is 1.21 bits per heavy atom. The molecule has 0 aromatic rings. The number of rotatable bonds is 9. The molecule has 19 heavy (non-hydrogen) atoms. The average Bonchev–Trinajstić information content (AvgIpc) is 2.92. The summed E-state index contributed by atoms with van der Waals surface area (Å²) in [6.07, 6.45) is 5.99. The fourth-order valence-corrected chi connectivity index (χ4v) is 4.84. The van der Waals surface area contributed by atoms with Crippen LogP contribution in [-0.4, -0.2) is 35.9 Å². The molecule has 1 aliphatic heterocycles. The Balaban J connectivity index is 1.93. The van der Waals surface area contributed by atoms with E-state index in [1.165, 1.54) is 18.6 Å². The number of carbonyl (C=O) groups excluding carboxylic acids is 2. The first kappa shape index (κ1) is 16.7. The van der Waals surface area contributed by atoms with Gasteiger partial charge in [0.05, 0.1) is 6.54 Å². The van der Waals surface area contributed by atoms with Crippen molar-refractivity contribution in [3.05, 3.63) is 0 Å². The molecule has 1 atom stereocenters. The third-order valence-electron chi connectivity index (χ3n) is 2.93. The molecule has 0 aromatic carbocycles. The van der Waals surface area contributed by atoms with Gasteiger partial charge < -0.3 is 10.6 Å². The summed E-state index contributed by atoms with van der Waals surface area (Å²) in [5.74, 6) is 1.15. The quantitative estimate of drug-likeness (QED) is 0.507. The molecule has 0 aromatic heterocycles. The van der Waals surface area contributed by atoms with E-state index >= 15 is 0 Å². The fraction of sp³-hybridized carbons (Fsp3) is 0.846. The molecule has 0 spiro atoms. The summed E-state index contributed by atoms with van der Waals surface area (Å²) >= 11 is 0. The maximum absolute atomic E-state index is 11.5. The lowest BCUT2D eigenvalue weighted by Gasteiger charge is -2.07. The lowest BCUT2D eigenvalue weighted by Crippen LogP contribution is -2.37. The van der Waals surface area contributed by atoms with Crippen LogP contribution in [0, 0.1) is 0 Å². The van der Waals surface area contributed by atoms with E-state index in [-0.39, 0.29) is 18.4 Å². The molecule has 1 rings (SSSR count). The van der Waals surface area contributed by atoms with Gasteiger partial charge in [0.1, 0.15) is 0 Å². The van der Waals surface area contributed by atoms with Crippen LogP contribution < -0.4 is 10.6 Å². The van der Waals surface area contributed by atoms with Gasteiger partial charge in [-0.3, -0.25) is 9.59 Å². The summed E-state index contributed by atoms with van der Waals surface area (Å²) < 4.78 is 0. The number of hydrogen-bond acceptors (Lipinski definition) is 4. The number of carbonyl (C=O) groups is 2. The molecule has 2 amide bonds. The predicted molar refractivity (Wildman–Crippen MR) is 83.2 cm³/mol. The Morgan fingerprint density at radius 3 is 2.74 bits per heavy atom. The summed E-state index contributed by atoms with van der Waals surface area (Å²) in [5.41, 5.74) is 0. The summed E-state index contributed by atoms with van der Waals surface area (Å²) in [4.78, 5) is 22.8. The Bertz CT molecular complexity index is 282. The van der Waals surface area contributed by atoms with Crippen molar-refractivity contribution in [2.75, 3.05) is 18.8 Å². The normalized spacial score (nSPS) is 18.3. The van der Waals surface area contributed by atoms with E-state index in [1.54, 1.807) is 0 Å². The van der Waals surface area contributed by atoms with Crippen molar-refractivity contribution < 1.29 is 9.59 Å². The highest BCUT2D eigenvalue weighted by molar-refractivity contribution is 8.77. The molecule has 0 saturated carbocycles. The molecule has 0 bridgehead atoms. The minimum absolute atomic E-state index is 0.0138. The highest BCUT2D eigenvalue weighted by atomic mass is 33.1. The SMILES string of the molecule is CCCNC(=O)CNC(=O)CCCCC1CCSS1. The maximum atomic E-state index is 11.5. The third kappa shape index (κ3) is 8.42. The average molecular weight is 304 g/mol. The molecule has 1 saturated heterocycles. The van der Waals surface area contributed by atoms with Gasteiger partial charge in [-0.05, 0) is 25.7 Å². The van der Waals surface area contributed by atoms with E-state index in [4.69, 9.17) is 0 Å². The van der Waals surface area contributed by atoms with Crippen LogP contribution in [0.5, 0.6) is 0 Å². The van der Waals surface area contributed by atoms with Crippen LogP contribution in [0.2, 0.25) is 0 Å². The minimum Gasteiger partial charge on any atom is -0.355 e. The van der Waals surface area contributed by atoms with Crippen molar-refractivity contribution in [1.82, 2.24) is 10.6 Å². The Hall–Kier alpha value is -0.360. The highest BCUT2D eigenvalue weighted by Gasteiger charge is 2.15. The fourth-order valence-electron chi connectivity index (χ4n) is 1.82. The lowest BCUT2D eigenvalue weighted by molar-refractivity contribution is -0.126. The molecule has 1 aliphatic rings. The topological polar surface area (TPSA) is 58.2 Å². The summed E-state index contributed by atoms with van der Waals surface area (Å²) in [6, 6.07) is 0. The van der Waals surface area contributed by atoms with Crippen LogP contribution in [0.1, 0.15) is 45.4 Å². The first-order chi connectivity index (χ1) is 9.22. The van der Waals surface area contributed by atoms with Crippen LogP contribution in [0.4, 0.5) is 0 Å². The summed E-state index contributed by atoms with van der Waals surface area (Å²) in [7, 11) is 3.94. The van der Waals surface area contributed by atoms with E-state index in [0.29, 0.717) is 13.0 Å². The maximum Gasteiger partial charge on any atom is 0.239 e. The predicted octanol–water partition coefficient (Wildman–Crippen LogP) is 2.34. The molecule has 0 aliphatic carbocycles. The van der Waals surface area contributed by atoms with Crippen molar-refractivity contribution >= 4 is 33.4 Å². The second-order valence-corrected chi connectivity index (χ2v) is 7.49. The monoisotopic (exact) mass is 304 g/mol. The van der Waals surface area contributed by atoms with Crippen molar-refractivity contribution in [3.63, 3.8) is 0 Å². The van der Waals surface area contributed by atoms with Crippen LogP contribution in [0.3, 0.4) is 0 Å².